The molecule has 1 N–H and O–H groups in total. The maximum atomic E-state index is 13.7. The molecule has 10 heteroatoms. The summed E-state index contributed by atoms with van der Waals surface area (Å²) in [6.45, 7) is 1.86. The zero-order valence-electron chi connectivity index (χ0n) is 20.1. The molecule has 0 saturated heterocycles. The molecule has 192 valence electrons. The summed E-state index contributed by atoms with van der Waals surface area (Å²) in [5.74, 6) is -2.67. The number of ether oxygens (including phenoxy) is 2. The van der Waals surface area contributed by atoms with Crippen molar-refractivity contribution in [2.24, 2.45) is 5.92 Å². The lowest BCUT2D eigenvalue weighted by atomic mass is 10.0. The molecular weight excluding hydrogens is 502 g/mol. The Hall–Kier alpha value is -4.05. The van der Waals surface area contributed by atoms with Crippen LogP contribution in [-0.2, 0) is 11.4 Å². The van der Waals surface area contributed by atoms with Crippen molar-refractivity contribution in [1.82, 2.24) is 9.88 Å². The Morgan fingerprint density at radius 1 is 1.16 bits per heavy atom. The Balaban J connectivity index is 1.41. The van der Waals surface area contributed by atoms with Crippen molar-refractivity contribution < 1.29 is 33.0 Å². The number of benzene rings is 2. The number of rotatable bonds is 10. The van der Waals surface area contributed by atoms with Crippen LogP contribution in [-0.4, -0.2) is 47.1 Å². The number of methoxy groups -OCH3 is 1. The summed E-state index contributed by atoms with van der Waals surface area (Å²) in [5.41, 5.74) is 2.13. The van der Waals surface area contributed by atoms with Gasteiger partial charge in [-0.25, -0.2) is 13.8 Å². The summed E-state index contributed by atoms with van der Waals surface area (Å²) in [7, 11) is 1.38. The van der Waals surface area contributed by atoms with Crippen LogP contribution in [0, 0.1) is 17.6 Å². The van der Waals surface area contributed by atoms with Gasteiger partial charge in [0.25, 0.3) is 5.91 Å². The molecule has 2 aromatic carbocycles. The molecule has 3 aromatic rings. The average Bonchev–Trinajstić information content (AvgIpc) is 3.52. The van der Waals surface area contributed by atoms with Gasteiger partial charge in [0.05, 0.1) is 7.11 Å². The van der Waals surface area contributed by atoms with Crippen molar-refractivity contribution in [2.45, 2.75) is 13.5 Å². The van der Waals surface area contributed by atoms with Crippen LogP contribution < -0.4 is 9.47 Å². The van der Waals surface area contributed by atoms with Crippen LogP contribution in [0.4, 0.5) is 8.78 Å². The first-order valence-corrected chi connectivity index (χ1v) is 12.2. The van der Waals surface area contributed by atoms with Crippen molar-refractivity contribution in [3.05, 3.63) is 87.9 Å². The normalized spacial score (nSPS) is 14.4. The molecule has 1 atom stereocenters. The van der Waals surface area contributed by atoms with Gasteiger partial charge in [0.1, 0.15) is 35.4 Å². The number of aromatic nitrogens is 1. The van der Waals surface area contributed by atoms with E-state index in [1.165, 1.54) is 23.3 Å². The Bertz CT molecular complexity index is 1370. The van der Waals surface area contributed by atoms with Gasteiger partial charge in [-0.2, -0.15) is 0 Å². The maximum Gasteiger partial charge on any atom is 0.323 e. The van der Waals surface area contributed by atoms with Gasteiger partial charge in [0.2, 0.25) is 0 Å². The lowest BCUT2D eigenvalue weighted by molar-refractivity contribution is -0.137. The number of allylic oxidation sites excluding steroid dienone is 3. The van der Waals surface area contributed by atoms with Crippen LogP contribution in [0.1, 0.15) is 22.4 Å². The summed E-state index contributed by atoms with van der Waals surface area (Å²) in [5, 5.41) is 11.4. The molecule has 1 unspecified atom stereocenters. The second kappa shape index (κ2) is 11.3. The second-order valence-corrected chi connectivity index (χ2v) is 9.32. The fraction of sp³-hybridized carbons (Fsp3) is 0.222. The molecule has 4 rings (SSSR count). The predicted octanol–water partition coefficient (Wildman–Crippen LogP) is 5.34. The summed E-state index contributed by atoms with van der Waals surface area (Å²) in [6, 6.07) is 8.81. The summed E-state index contributed by atoms with van der Waals surface area (Å²) < 4.78 is 38.2. The van der Waals surface area contributed by atoms with E-state index in [9.17, 15) is 23.5 Å². The summed E-state index contributed by atoms with van der Waals surface area (Å²) in [6.07, 6.45) is 5.77. The number of thiazole rings is 1. The van der Waals surface area contributed by atoms with Gasteiger partial charge < -0.3 is 19.5 Å². The monoisotopic (exact) mass is 526 g/mol. The van der Waals surface area contributed by atoms with Crippen LogP contribution in [0.15, 0.2) is 65.6 Å². The fourth-order valence-electron chi connectivity index (χ4n) is 3.84. The van der Waals surface area contributed by atoms with Crippen LogP contribution in [0.25, 0.3) is 11.1 Å². The Labute approximate surface area is 216 Å². The van der Waals surface area contributed by atoms with Crippen molar-refractivity contribution in [3.8, 4) is 22.6 Å². The van der Waals surface area contributed by atoms with Crippen LogP contribution in [0.5, 0.6) is 11.5 Å². The van der Waals surface area contributed by atoms with Gasteiger partial charge in [-0.15, -0.1) is 11.3 Å². The van der Waals surface area contributed by atoms with Crippen LogP contribution in [0.2, 0.25) is 0 Å². The third-order valence-electron chi connectivity index (χ3n) is 5.82. The van der Waals surface area contributed by atoms with Crippen LogP contribution in [0.3, 0.4) is 0 Å². The first kappa shape index (κ1) is 26.0. The molecule has 0 bridgehead atoms. The minimum atomic E-state index is -1.10. The third-order valence-corrected chi connectivity index (χ3v) is 6.64. The predicted molar refractivity (Wildman–Crippen MR) is 135 cm³/mol. The molecule has 0 fully saturated rings. The Morgan fingerprint density at radius 2 is 1.89 bits per heavy atom. The standard InChI is InChI=1S/C27H24F2N2O5S/c1-16-4-3-5-18(16)12-31(13-26(32)33)27(34)23-15-37-25(30-23)14-36-19-8-6-17(7-9-19)20-10-21(28)22(29)11-24(20)35-2/h3-11,15-16H,12-14H2,1-2H3,(H,32,33). The first-order valence-electron chi connectivity index (χ1n) is 11.3. The molecule has 0 radical (unpaired) electrons. The number of carboxylic acid groups (broad SMARTS) is 1. The summed E-state index contributed by atoms with van der Waals surface area (Å²) >= 11 is 1.23. The third kappa shape index (κ3) is 6.21. The highest BCUT2D eigenvalue weighted by molar-refractivity contribution is 7.09. The van der Waals surface area contributed by atoms with E-state index in [1.807, 2.05) is 25.2 Å². The topological polar surface area (TPSA) is 89.0 Å². The molecule has 1 heterocycles. The highest BCUT2D eigenvalue weighted by Gasteiger charge is 2.24. The van der Waals surface area contributed by atoms with Crippen LogP contribution >= 0.6 is 11.3 Å². The number of carbonyl (C=O) groups excluding carboxylic acids is 1. The van der Waals surface area contributed by atoms with Gasteiger partial charge in [-0.1, -0.05) is 37.3 Å². The molecular formula is C27H24F2N2O5S. The van der Waals surface area contributed by atoms with E-state index in [0.717, 1.165) is 17.7 Å². The van der Waals surface area contributed by atoms with E-state index in [4.69, 9.17) is 9.47 Å². The minimum absolute atomic E-state index is 0.0941. The molecule has 1 amide bonds. The molecule has 0 aliphatic heterocycles. The lowest BCUT2D eigenvalue weighted by Gasteiger charge is -2.22. The summed E-state index contributed by atoms with van der Waals surface area (Å²) in [4.78, 5) is 29.9. The number of halogens is 2. The molecule has 1 aromatic heterocycles. The SMILES string of the molecule is COc1cc(F)c(F)cc1-c1ccc(OCc2nc(C(=O)N(CC(=O)O)CC3=CC=CC3C)cs2)cc1. The quantitative estimate of drug-likeness (QED) is 0.384. The van der Waals surface area contributed by atoms with Gasteiger partial charge in [0, 0.05) is 23.6 Å². The number of nitrogens with zero attached hydrogens (tertiary/aromatic N) is 2. The maximum absolute atomic E-state index is 13.7. The smallest absolute Gasteiger partial charge is 0.323 e. The molecule has 0 spiro atoms. The van der Waals surface area contributed by atoms with Gasteiger partial charge >= 0.3 is 5.97 Å². The van der Waals surface area contributed by atoms with Crippen molar-refractivity contribution in [1.29, 1.82) is 0 Å². The first-order chi connectivity index (χ1) is 17.7. The molecule has 1 aliphatic carbocycles. The minimum Gasteiger partial charge on any atom is -0.496 e. The highest BCUT2D eigenvalue weighted by atomic mass is 32.1. The van der Waals surface area contributed by atoms with Gasteiger partial charge in [-0.3, -0.25) is 9.59 Å². The zero-order chi connectivity index (χ0) is 26.5. The number of hydrogen-bond acceptors (Lipinski definition) is 6. The van der Waals surface area contributed by atoms with Gasteiger partial charge in [-0.05, 0) is 35.3 Å². The van der Waals surface area contributed by atoms with Gasteiger partial charge in [0.15, 0.2) is 11.6 Å². The second-order valence-electron chi connectivity index (χ2n) is 8.38. The number of carboxylic acids is 1. The molecule has 37 heavy (non-hydrogen) atoms. The molecule has 1 aliphatic rings. The van der Waals surface area contributed by atoms with E-state index < -0.39 is 30.1 Å². The van der Waals surface area contributed by atoms with Crippen molar-refractivity contribution >= 4 is 23.2 Å². The lowest BCUT2D eigenvalue weighted by Crippen LogP contribution is -2.37. The number of aliphatic carboxylic acids is 1. The molecule has 0 saturated carbocycles. The largest absolute Gasteiger partial charge is 0.496 e. The highest BCUT2D eigenvalue weighted by Crippen LogP contribution is 2.33. The van der Waals surface area contributed by atoms with E-state index >= 15 is 0 Å². The van der Waals surface area contributed by atoms with E-state index in [0.29, 0.717) is 21.9 Å². The average molecular weight is 527 g/mol. The number of carbonyl (C=O) groups is 2. The van der Waals surface area contributed by atoms with Crippen molar-refractivity contribution in [3.63, 3.8) is 0 Å². The Morgan fingerprint density at radius 3 is 2.54 bits per heavy atom. The number of hydrogen-bond donors (Lipinski definition) is 1. The number of amides is 1. The molecule has 7 nitrogen and oxygen atoms in total. The Kier molecular flexibility index (Phi) is 7.98. The van der Waals surface area contributed by atoms with E-state index in [1.54, 1.807) is 29.6 Å². The fourth-order valence-corrected chi connectivity index (χ4v) is 4.52. The zero-order valence-corrected chi connectivity index (χ0v) is 20.9. The van der Waals surface area contributed by atoms with Crippen molar-refractivity contribution in [2.75, 3.05) is 20.2 Å². The van der Waals surface area contributed by atoms with E-state index in [2.05, 4.69) is 4.98 Å². The van der Waals surface area contributed by atoms with E-state index in [-0.39, 0.29) is 30.5 Å².